The van der Waals surface area contributed by atoms with Crippen LogP contribution in [-0.4, -0.2) is 16.2 Å². The van der Waals surface area contributed by atoms with Crippen molar-refractivity contribution in [3.05, 3.63) is 47.0 Å². The predicted molar refractivity (Wildman–Crippen MR) is 76.9 cm³/mol. The highest BCUT2D eigenvalue weighted by molar-refractivity contribution is 5.76. The number of nitroso groups, excluding NO2 is 1. The predicted octanol–water partition coefficient (Wildman–Crippen LogP) is 3.44. The summed E-state index contributed by atoms with van der Waals surface area (Å²) < 4.78 is 12.4. The van der Waals surface area contributed by atoms with E-state index in [9.17, 15) is 4.91 Å². The molecule has 6 heteroatoms. The Hall–Kier alpha value is -2.89. The van der Waals surface area contributed by atoms with Crippen LogP contribution < -0.4 is 9.47 Å². The molecule has 2 aromatic heterocycles. The first kappa shape index (κ1) is 11.9. The number of aryl methyl sites for hydroxylation is 1. The van der Waals surface area contributed by atoms with Gasteiger partial charge in [0.25, 0.3) is 0 Å². The monoisotopic (exact) mass is 281 g/mol. The average Bonchev–Trinajstić information content (AvgIpc) is 3.10. The number of imidazole rings is 1. The standard InChI is InChI=1S/C15H11N3O3/c1-9-3-2-4-13-16-14(15(17-19)18(9)13)10-5-6-11-12(7-10)21-8-20-11/h2-7H,8H2,1H3. The van der Waals surface area contributed by atoms with Crippen molar-refractivity contribution in [2.24, 2.45) is 5.18 Å². The van der Waals surface area contributed by atoms with Crippen LogP contribution in [0.3, 0.4) is 0 Å². The maximum Gasteiger partial charge on any atom is 0.231 e. The first-order valence-electron chi connectivity index (χ1n) is 6.49. The molecular weight excluding hydrogens is 270 g/mol. The zero-order valence-corrected chi connectivity index (χ0v) is 11.2. The summed E-state index contributed by atoms with van der Waals surface area (Å²) in [5.74, 6) is 1.64. The molecular formula is C15H11N3O3. The Bertz CT molecular complexity index is 870. The molecule has 4 rings (SSSR count). The van der Waals surface area contributed by atoms with E-state index in [1.807, 2.05) is 43.3 Å². The van der Waals surface area contributed by atoms with Crippen LogP contribution in [0.4, 0.5) is 5.82 Å². The molecule has 1 aromatic carbocycles. The highest BCUT2D eigenvalue weighted by Crippen LogP contribution is 2.38. The minimum absolute atomic E-state index is 0.210. The maximum atomic E-state index is 11.3. The van der Waals surface area contributed by atoms with Crippen LogP contribution in [0.1, 0.15) is 5.69 Å². The molecule has 0 radical (unpaired) electrons. The molecule has 3 aromatic rings. The highest BCUT2D eigenvalue weighted by Gasteiger charge is 2.19. The van der Waals surface area contributed by atoms with Crippen LogP contribution in [0.25, 0.3) is 16.9 Å². The van der Waals surface area contributed by atoms with Gasteiger partial charge in [-0.2, -0.15) is 0 Å². The molecule has 0 saturated carbocycles. The average molecular weight is 281 g/mol. The van der Waals surface area contributed by atoms with Crippen LogP contribution >= 0.6 is 0 Å². The number of rotatable bonds is 2. The number of aromatic nitrogens is 2. The third-order valence-corrected chi connectivity index (χ3v) is 3.55. The van der Waals surface area contributed by atoms with Crippen LogP contribution in [0.15, 0.2) is 41.6 Å². The maximum absolute atomic E-state index is 11.3. The Labute approximate surface area is 119 Å². The molecule has 3 heterocycles. The highest BCUT2D eigenvalue weighted by atomic mass is 16.7. The fraction of sp³-hybridized carbons (Fsp3) is 0.133. The Kier molecular flexibility index (Phi) is 2.44. The van der Waals surface area contributed by atoms with Crippen molar-refractivity contribution in [2.75, 3.05) is 6.79 Å². The van der Waals surface area contributed by atoms with Gasteiger partial charge in [0.2, 0.25) is 12.6 Å². The number of hydrogen-bond acceptors (Lipinski definition) is 5. The minimum atomic E-state index is 0.210. The van der Waals surface area contributed by atoms with Gasteiger partial charge in [-0.15, -0.1) is 4.91 Å². The third kappa shape index (κ3) is 1.69. The SMILES string of the molecule is Cc1cccc2nc(-c3ccc4c(c3)OCO4)c(N=O)n12. The van der Waals surface area contributed by atoms with E-state index >= 15 is 0 Å². The topological polar surface area (TPSA) is 65.2 Å². The van der Waals surface area contributed by atoms with Gasteiger partial charge in [0, 0.05) is 11.3 Å². The molecule has 0 aliphatic carbocycles. The Morgan fingerprint density at radius 1 is 1.19 bits per heavy atom. The molecule has 0 amide bonds. The van der Waals surface area contributed by atoms with Crippen LogP contribution in [-0.2, 0) is 0 Å². The molecule has 0 bridgehead atoms. The van der Waals surface area contributed by atoms with E-state index in [1.165, 1.54) is 0 Å². The lowest BCUT2D eigenvalue weighted by atomic mass is 10.1. The van der Waals surface area contributed by atoms with E-state index in [1.54, 1.807) is 4.40 Å². The van der Waals surface area contributed by atoms with Crippen molar-refractivity contribution in [2.45, 2.75) is 6.92 Å². The zero-order chi connectivity index (χ0) is 14.4. The molecule has 1 aliphatic rings. The van der Waals surface area contributed by atoms with Gasteiger partial charge in [-0.05, 0) is 42.4 Å². The molecule has 0 unspecified atom stereocenters. The van der Waals surface area contributed by atoms with Gasteiger partial charge >= 0.3 is 0 Å². The summed E-state index contributed by atoms with van der Waals surface area (Å²) in [7, 11) is 0. The fourth-order valence-corrected chi connectivity index (χ4v) is 2.56. The minimum Gasteiger partial charge on any atom is -0.454 e. The van der Waals surface area contributed by atoms with Crippen molar-refractivity contribution in [3.63, 3.8) is 0 Å². The van der Waals surface area contributed by atoms with Crippen LogP contribution in [0.5, 0.6) is 11.5 Å². The number of pyridine rings is 1. The number of nitrogens with zero attached hydrogens (tertiary/aromatic N) is 3. The van der Waals surface area contributed by atoms with Crippen LogP contribution in [0.2, 0.25) is 0 Å². The van der Waals surface area contributed by atoms with Crippen molar-refractivity contribution in [3.8, 4) is 22.8 Å². The van der Waals surface area contributed by atoms with Gasteiger partial charge < -0.3 is 9.47 Å². The van der Waals surface area contributed by atoms with E-state index in [0.29, 0.717) is 28.7 Å². The molecule has 0 fully saturated rings. The summed E-state index contributed by atoms with van der Waals surface area (Å²) in [6.45, 7) is 2.12. The van der Waals surface area contributed by atoms with Crippen molar-refractivity contribution in [1.82, 2.24) is 9.38 Å². The fourth-order valence-electron chi connectivity index (χ4n) is 2.56. The first-order valence-corrected chi connectivity index (χ1v) is 6.49. The van der Waals surface area contributed by atoms with Gasteiger partial charge in [0.1, 0.15) is 11.3 Å². The van der Waals surface area contributed by atoms with E-state index in [2.05, 4.69) is 10.2 Å². The van der Waals surface area contributed by atoms with Gasteiger partial charge in [-0.3, -0.25) is 4.40 Å². The second kappa shape index (κ2) is 4.31. The Morgan fingerprint density at radius 3 is 2.90 bits per heavy atom. The van der Waals surface area contributed by atoms with Gasteiger partial charge in [0.15, 0.2) is 11.5 Å². The molecule has 21 heavy (non-hydrogen) atoms. The summed E-state index contributed by atoms with van der Waals surface area (Å²) >= 11 is 0. The van der Waals surface area contributed by atoms with E-state index in [4.69, 9.17) is 9.47 Å². The quantitative estimate of drug-likeness (QED) is 0.675. The van der Waals surface area contributed by atoms with E-state index in [-0.39, 0.29) is 6.79 Å². The van der Waals surface area contributed by atoms with Gasteiger partial charge in [-0.1, -0.05) is 6.07 Å². The summed E-state index contributed by atoms with van der Waals surface area (Å²) in [6.07, 6.45) is 0. The Morgan fingerprint density at radius 2 is 2.05 bits per heavy atom. The largest absolute Gasteiger partial charge is 0.454 e. The number of ether oxygens (including phenoxy) is 2. The summed E-state index contributed by atoms with van der Waals surface area (Å²) in [5.41, 5.74) is 2.91. The normalized spacial score (nSPS) is 12.8. The zero-order valence-electron chi connectivity index (χ0n) is 11.2. The lowest BCUT2D eigenvalue weighted by molar-refractivity contribution is 0.174. The van der Waals surface area contributed by atoms with Crippen molar-refractivity contribution < 1.29 is 9.47 Å². The number of fused-ring (bicyclic) bond motifs is 2. The molecule has 6 nitrogen and oxygen atoms in total. The second-order valence-corrected chi connectivity index (χ2v) is 4.80. The molecule has 0 spiro atoms. The van der Waals surface area contributed by atoms with E-state index < -0.39 is 0 Å². The molecule has 0 saturated heterocycles. The number of hydrogen-bond donors (Lipinski definition) is 0. The van der Waals surface area contributed by atoms with E-state index in [0.717, 1.165) is 11.3 Å². The van der Waals surface area contributed by atoms with Gasteiger partial charge in [0.05, 0.1) is 0 Å². The summed E-state index contributed by atoms with van der Waals surface area (Å²) in [5, 5.41) is 3.17. The first-order chi connectivity index (χ1) is 10.3. The summed E-state index contributed by atoms with van der Waals surface area (Å²) in [4.78, 5) is 15.8. The molecule has 0 atom stereocenters. The lowest BCUT2D eigenvalue weighted by Crippen LogP contribution is -1.92. The van der Waals surface area contributed by atoms with Crippen LogP contribution in [0, 0.1) is 11.8 Å². The number of benzene rings is 1. The third-order valence-electron chi connectivity index (χ3n) is 3.55. The molecule has 104 valence electrons. The Balaban J connectivity index is 1.98. The summed E-state index contributed by atoms with van der Waals surface area (Å²) in [6, 6.07) is 11.1. The molecule has 1 aliphatic heterocycles. The van der Waals surface area contributed by atoms with Gasteiger partial charge in [-0.25, -0.2) is 4.98 Å². The lowest BCUT2D eigenvalue weighted by Gasteiger charge is -2.01. The van der Waals surface area contributed by atoms with Crippen molar-refractivity contribution >= 4 is 11.5 Å². The molecule has 0 N–H and O–H groups in total. The smallest absolute Gasteiger partial charge is 0.231 e. The van der Waals surface area contributed by atoms with Crippen molar-refractivity contribution in [1.29, 1.82) is 0 Å². The second-order valence-electron chi connectivity index (χ2n) is 4.80.